The molecule has 0 radical (unpaired) electrons. The maximum atomic E-state index is 14.0. The summed E-state index contributed by atoms with van der Waals surface area (Å²) in [6.45, 7) is 5.54. The van der Waals surface area contributed by atoms with Crippen LogP contribution in [-0.4, -0.2) is 58.5 Å². The number of carbonyl (C=O) groups is 2. The van der Waals surface area contributed by atoms with E-state index < -0.39 is 28.5 Å². The summed E-state index contributed by atoms with van der Waals surface area (Å²) < 4.78 is 39.2. The predicted octanol–water partition coefficient (Wildman–Crippen LogP) is 4.74. The molecule has 0 aliphatic heterocycles. The van der Waals surface area contributed by atoms with Crippen molar-refractivity contribution in [2.45, 2.75) is 38.3 Å². The highest BCUT2D eigenvalue weighted by Gasteiger charge is 2.32. The average Bonchev–Trinajstić information content (AvgIpc) is 2.97. The second-order valence-corrected chi connectivity index (χ2v) is 12.1. The highest BCUT2D eigenvalue weighted by molar-refractivity contribution is 7.92. The molecule has 41 heavy (non-hydrogen) atoms. The van der Waals surface area contributed by atoms with Gasteiger partial charge < -0.3 is 19.7 Å². The third kappa shape index (κ3) is 8.37. The van der Waals surface area contributed by atoms with Crippen LogP contribution < -0.4 is 19.1 Å². The van der Waals surface area contributed by atoms with Crippen molar-refractivity contribution in [2.75, 3.05) is 31.6 Å². The monoisotopic (exact) mass is 601 g/mol. The quantitative estimate of drug-likeness (QED) is 0.303. The minimum atomic E-state index is -4.20. The summed E-state index contributed by atoms with van der Waals surface area (Å²) in [6.07, 6.45) is 0. The van der Waals surface area contributed by atoms with E-state index in [4.69, 9.17) is 21.1 Å². The Labute approximate surface area is 247 Å². The van der Waals surface area contributed by atoms with Gasteiger partial charge in [-0.1, -0.05) is 37.6 Å². The number of ether oxygens (including phenoxy) is 2. The molecule has 1 atom stereocenters. The van der Waals surface area contributed by atoms with E-state index in [1.807, 2.05) is 13.8 Å². The lowest BCUT2D eigenvalue weighted by molar-refractivity contribution is -0.139. The van der Waals surface area contributed by atoms with Gasteiger partial charge in [0, 0.05) is 18.1 Å². The minimum Gasteiger partial charge on any atom is -0.497 e. The SMILES string of the molecule is COc1ccc(CN(C(=O)CN(c2ccc(Cl)cc2)S(=O)(=O)c2ccc(OC)cc2)C(C)C(=O)NCC(C)C)cc1. The number of amides is 2. The van der Waals surface area contributed by atoms with E-state index >= 15 is 0 Å². The maximum absolute atomic E-state index is 14.0. The normalized spacial score (nSPS) is 12.0. The Balaban J connectivity index is 2.00. The number of benzene rings is 3. The molecule has 0 saturated carbocycles. The molecule has 0 bridgehead atoms. The number of nitrogens with one attached hydrogen (secondary N) is 1. The number of nitrogens with zero attached hydrogens (tertiary/aromatic N) is 2. The van der Waals surface area contributed by atoms with Gasteiger partial charge in [-0.05, 0) is 79.1 Å². The topological polar surface area (TPSA) is 105 Å². The van der Waals surface area contributed by atoms with Crippen LogP contribution in [0.25, 0.3) is 0 Å². The molecule has 0 heterocycles. The molecule has 2 amide bonds. The molecule has 0 aliphatic rings. The standard InChI is InChI=1S/C30H36ClN3O6S/c1-21(2)18-32-30(36)22(3)33(19-23-6-12-26(39-4)13-7-23)29(35)20-34(25-10-8-24(31)9-11-25)41(37,38)28-16-14-27(40-5)15-17-28/h6-17,21-22H,18-20H2,1-5H3,(H,32,36). The molecular formula is C30H36ClN3O6S. The van der Waals surface area contributed by atoms with Crippen LogP contribution in [0.5, 0.6) is 11.5 Å². The van der Waals surface area contributed by atoms with E-state index in [1.165, 1.54) is 48.4 Å². The van der Waals surface area contributed by atoms with Gasteiger partial charge in [-0.3, -0.25) is 13.9 Å². The van der Waals surface area contributed by atoms with E-state index in [9.17, 15) is 18.0 Å². The number of carbonyl (C=O) groups excluding carboxylic acids is 2. The molecule has 0 spiro atoms. The summed E-state index contributed by atoms with van der Waals surface area (Å²) in [6, 6.07) is 18.3. The smallest absolute Gasteiger partial charge is 0.264 e. The minimum absolute atomic E-state index is 0.0227. The van der Waals surface area contributed by atoms with E-state index in [0.717, 1.165) is 9.87 Å². The Bertz CT molecular complexity index is 1410. The number of methoxy groups -OCH3 is 2. The molecule has 3 aromatic carbocycles. The number of hydrogen-bond acceptors (Lipinski definition) is 6. The lowest BCUT2D eigenvalue weighted by Crippen LogP contribution is -2.51. The highest BCUT2D eigenvalue weighted by atomic mass is 35.5. The fraction of sp³-hybridized carbons (Fsp3) is 0.333. The molecule has 11 heteroatoms. The summed E-state index contributed by atoms with van der Waals surface area (Å²) in [7, 11) is -1.16. The molecular weight excluding hydrogens is 566 g/mol. The molecule has 0 aliphatic carbocycles. The van der Waals surface area contributed by atoms with Crippen LogP contribution in [0.4, 0.5) is 5.69 Å². The van der Waals surface area contributed by atoms with Crippen LogP contribution >= 0.6 is 11.6 Å². The zero-order valence-electron chi connectivity index (χ0n) is 23.8. The zero-order valence-corrected chi connectivity index (χ0v) is 25.4. The van der Waals surface area contributed by atoms with Crippen molar-refractivity contribution in [3.8, 4) is 11.5 Å². The van der Waals surface area contributed by atoms with E-state index in [-0.39, 0.29) is 29.0 Å². The van der Waals surface area contributed by atoms with Gasteiger partial charge in [0.05, 0.1) is 24.8 Å². The van der Waals surface area contributed by atoms with Gasteiger partial charge in [0.2, 0.25) is 11.8 Å². The Morgan fingerprint density at radius 3 is 1.90 bits per heavy atom. The van der Waals surface area contributed by atoms with Crippen molar-refractivity contribution in [1.29, 1.82) is 0 Å². The van der Waals surface area contributed by atoms with E-state index in [1.54, 1.807) is 50.4 Å². The third-order valence-corrected chi connectivity index (χ3v) is 8.44. The van der Waals surface area contributed by atoms with Crippen LogP contribution in [0, 0.1) is 5.92 Å². The molecule has 1 unspecified atom stereocenters. The van der Waals surface area contributed by atoms with Crippen molar-refractivity contribution in [1.82, 2.24) is 10.2 Å². The van der Waals surface area contributed by atoms with E-state index in [0.29, 0.717) is 23.1 Å². The van der Waals surface area contributed by atoms with Gasteiger partial charge in [0.1, 0.15) is 24.1 Å². The van der Waals surface area contributed by atoms with Crippen LogP contribution in [-0.2, 0) is 26.2 Å². The van der Waals surface area contributed by atoms with Crippen LogP contribution in [0.3, 0.4) is 0 Å². The molecule has 0 fully saturated rings. The Hall–Kier alpha value is -3.76. The molecule has 0 aromatic heterocycles. The van der Waals surface area contributed by atoms with Crippen molar-refractivity contribution < 1.29 is 27.5 Å². The Morgan fingerprint density at radius 1 is 0.854 bits per heavy atom. The summed E-state index contributed by atoms with van der Waals surface area (Å²) in [5.74, 6) is 0.461. The Kier molecular flexibility index (Phi) is 11.0. The lowest BCUT2D eigenvalue weighted by Gasteiger charge is -2.32. The zero-order chi connectivity index (χ0) is 30.2. The summed E-state index contributed by atoms with van der Waals surface area (Å²) in [4.78, 5) is 28.4. The van der Waals surface area contributed by atoms with Gasteiger partial charge >= 0.3 is 0 Å². The maximum Gasteiger partial charge on any atom is 0.264 e. The number of sulfonamides is 1. The molecule has 220 valence electrons. The van der Waals surface area contributed by atoms with Gasteiger partial charge in [-0.25, -0.2) is 8.42 Å². The number of rotatable bonds is 13. The van der Waals surface area contributed by atoms with Crippen LogP contribution in [0.1, 0.15) is 26.3 Å². The predicted molar refractivity (Wildman–Crippen MR) is 160 cm³/mol. The highest BCUT2D eigenvalue weighted by Crippen LogP contribution is 2.27. The fourth-order valence-corrected chi connectivity index (χ4v) is 5.51. The van der Waals surface area contributed by atoms with E-state index in [2.05, 4.69) is 5.32 Å². The summed E-state index contributed by atoms with van der Waals surface area (Å²) in [5.41, 5.74) is 0.999. The van der Waals surface area contributed by atoms with Gasteiger partial charge in [-0.2, -0.15) is 0 Å². The fourth-order valence-electron chi connectivity index (χ4n) is 3.97. The first-order valence-electron chi connectivity index (χ1n) is 13.1. The number of hydrogen-bond donors (Lipinski definition) is 1. The molecule has 9 nitrogen and oxygen atoms in total. The summed E-state index contributed by atoms with van der Waals surface area (Å²) in [5, 5.41) is 3.28. The van der Waals surface area contributed by atoms with Gasteiger partial charge in [0.15, 0.2) is 0 Å². The van der Waals surface area contributed by atoms with Crippen LogP contribution in [0.15, 0.2) is 77.7 Å². The first-order valence-corrected chi connectivity index (χ1v) is 14.9. The molecule has 3 rings (SSSR count). The first-order chi connectivity index (χ1) is 19.5. The largest absolute Gasteiger partial charge is 0.497 e. The van der Waals surface area contributed by atoms with Gasteiger partial charge in [-0.15, -0.1) is 0 Å². The third-order valence-electron chi connectivity index (χ3n) is 6.40. The van der Waals surface area contributed by atoms with Gasteiger partial charge in [0.25, 0.3) is 10.0 Å². The first kappa shape index (κ1) is 31.8. The van der Waals surface area contributed by atoms with Crippen molar-refractivity contribution in [3.05, 3.63) is 83.4 Å². The lowest BCUT2D eigenvalue weighted by atomic mass is 10.1. The number of anilines is 1. The van der Waals surface area contributed by atoms with Crippen LogP contribution in [0.2, 0.25) is 5.02 Å². The van der Waals surface area contributed by atoms with Crippen molar-refractivity contribution in [3.63, 3.8) is 0 Å². The summed E-state index contributed by atoms with van der Waals surface area (Å²) >= 11 is 6.07. The van der Waals surface area contributed by atoms with Crippen molar-refractivity contribution >= 4 is 39.1 Å². The average molecular weight is 602 g/mol. The number of halogens is 1. The molecule has 1 N–H and O–H groups in total. The van der Waals surface area contributed by atoms with Crippen molar-refractivity contribution in [2.24, 2.45) is 5.92 Å². The molecule has 0 saturated heterocycles. The second kappa shape index (κ2) is 14.2. The second-order valence-electron chi connectivity index (χ2n) is 9.85. The molecule has 3 aromatic rings. The Morgan fingerprint density at radius 2 is 1.39 bits per heavy atom.